The molecule has 0 amide bonds. The van der Waals surface area contributed by atoms with Crippen molar-refractivity contribution in [3.05, 3.63) is 58.6 Å². The Hall–Kier alpha value is -2.04. The van der Waals surface area contributed by atoms with Crippen molar-refractivity contribution in [2.75, 3.05) is 27.4 Å². The SMILES string of the molecule is COCCCOc1cc(CC(=O)c2cccc(Cl)c2)ccc1OC. The lowest BCUT2D eigenvalue weighted by atomic mass is 10.0. The molecule has 0 unspecified atom stereocenters. The van der Waals surface area contributed by atoms with Crippen LogP contribution >= 0.6 is 11.6 Å². The molecule has 5 heteroatoms. The van der Waals surface area contributed by atoms with Gasteiger partial charge in [0.1, 0.15) is 0 Å². The largest absolute Gasteiger partial charge is 0.493 e. The first-order chi connectivity index (χ1) is 11.6. The number of halogens is 1. The number of carbonyl (C=O) groups excluding carboxylic acids is 1. The van der Waals surface area contributed by atoms with Crippen LogP contribution in [0.4, 0.5) is 0 Å². The number of ether oxygens (including phenoxy) is 3. The van der Waals surface area contributed by atoms with Crippen LogP contribution in [0.1, 0.15) is 22.3 Å². The minimum absolute atomic E-state index is 0.00741. The summed E-state index contributed by atoms with van der Waals surface area (Å²) in [4.78, 5) is 12.4. The minimum Gasteiger partial charge on any atom is -0.493 e. The van der Waals surface area contributed by atoms with Gasteiger partial charge in [-0.3, -0.25) is 4.79 Å². The molecule has 24 heavy (non-hydrogen) atoms. The first-order valence-electron chi connectivity index (χ1n) is 7.71. The fourth-order valence-electron chi connectivity index (χ4n) is 2.28. The molecule has 2 rings (SSSR count). The summed E-state index contributed by atoms with van der Waals surface area (Å²) < 4.78 is 16.0. The van der Waals surface area contributed by atoms with Crippen molar-refractivity contribution >= 4 is 17.4 Å². The van der Waals surface area contributed by atoms with Gasteiger partial charge in [0.2, 0.25) is 0 Å². The molecule has 0 heterocycles. The van der Waals surface area contributed by atoms with E-state index in [9.17, 15) is 4.79 Å². The standard InChI is InChI=1S/C19H21ClO4/c1-22-9-4-10-24-19-12-14(7-8-18(19)23-2)11-17(21)15-5-3-6-16(20)13-15/h3,5-8,12-13H,4,9-11H2,1-2H3. The van der Waals surface area contributed by atoms with Crippen molar-refractivity contribution in [1.29, 1.82) is 0 Å². The molecule has 0 aromatic heterocycles. The smallest absolute Gasteiger partial charge is 0.167 e. The third-order valence-electron chi connectivity index (χ3n) is 3.49. The van der Waals surface area contributed by atoms with Gasteiger partial charge >= 0.3 is 0 Å². The number of carbonyl (C=O) groups is 1. The van der Waals surface area contributed by atoms with Gasteiger partial charge in [0.15, 0.2) is 17.3 Å². The van der Waals surface area contributed by atoms with Crippen LogP contribution in [-0.2, 0) is 11.2 Å². The zero-order valence-electron chi connectivity index (χ0n) is 13.9. The first-order valence-corrected chi connectivity index (χ1v) is 8.09. The molecule has 0 atom stereocenters. The minimum atomic E-state index is 0.00741. The maximum atomic E-state index is 12.4. The molecular weight excluding hydrogens is 328 g/mol. The van der Waals surface area contributed by atoms with Gasteiger partial charge in [0, 0.05) is 37.1 Å². The summed E-state index contributed by atoms with van der Waals surface area (Å²) in [6, 6.07) is 12.5. The lowest BCUT2D eigenvalue weighted by Crippen LogP contribution is -2.06. The molecular formula is C19H21ClO4. The van der Waals surface area contributed by atoms with E-state index in [1.807, 2.05) is 18.2 Å². The summed E-state index contributed by atoms with van der Waals surface area (Å²) in [5.74, 6) is 1.28. The number of benzene rings is 2. The molecule has 0 aliphatic heterocycles. The van der Waals surface area contributed by atoms with E-state index in [2.05, 4.69) is 0 Å². The highest BCUT2D eigenvalue weighted by atomic mass is 35.5. The zero-order valence-corrected chi connectivity index (χ0v) is 14.6. The summed E-state index contributed by atoms with van der Waals surface area (Å²) in [6.45, 7) is 1.16. The Labute approximate surface area is 147 Å². The lowest BCUT2D eigenvalue weighted by Gasteiger charge is -2.12. The van der Waals surface area contributed by atoms with Crippen LogP contribution in [-0.4, -0.2) is 33.2 Å². The van der Waals surface area contributed by atoms with E-state index < -0.39 is 0 Å². The van der Waals surface area contributed by atoms with E-state index in [1.54, 1.807) is 38.5 Å². The third kappa shape index (κ3) is 5.25. The Kier molecular flexibility index (Phi) is 7.09. The molecule has 128 valence electrons. The van der Waals surface area contributed by atoms with Crippen LogP contribution in [0, 0.1) is 0 Å². The van der Waals surface area contributed by atoms with Crippen molar-refractivity contribution in [3.63, 3.8) is 0 Å². The van der Waals surface area contributed by atoms with E-state index in [1.165, 1.54) is 0 Å². The molecule has 0 aliphatic carbocycles. The third-order valence-corrected chi connectivity index (χ3v) is 3.72. The summed E-state index contributed by atoms with van der Waals surface area (Å²) >= 11 is 5.94. The molecule has 0 aliphatic rings. The molecule has 0 fully saturated rings. The second-order valence-corrected chi connectivity index (χ2v) is 5.73. The van der Waals surface area contributed by atoms with Gasteiger partial charge < -0.3 is 14.2 Å². The number of hydrogen-bond donors (Lipinski definition) is 0. The van der Waals surface area contributed by atoms with E-state index >= 15 is 0 Å². The topological polar surface area (TPSA) is 44.8 Å². The Morgan fingerprint density at radius 2 is 1.88 bits per heavy atom. The van der Waals surface area contributed by atoms with Gasteiger partial charge in [-0.1, -0.05) is 29.8 Å². The van der Waals surface area contributed by atoms with Crippen molar-refractivity contribution in [3.8, 4) is 11.5 Å². The average Bonchev–Trinajstić information content (AvgIpc) is 2.59. The predicted molar refractivity (Wildman–Crippen MR) is 94.5 cm³/mol. The van der Waals surface area contributed by atoms with Crippen LogP contribution < -0.4 is 9.47 Å². The normalized spacial score (nSPS) is 10.5. The summed E-state index contributed by atoms with van der Waals surface area (Å²) in [6.07, 6.45) is 1.06. The van der Waals surface area contributed by atoms with Gasteiger partial charge in [-0.05, 0) is 29.8 Å². The van der Waals surface area contributed by atoms with Crippen LogP contribution in [0.3, 0.4) is 0 Å². The molecule has 0 N–H and O–H groups in total. The number of Topliss-reactive ketones (excluding diaryl/α,β-unsaturated/α-hetero) is 1. The average molecular weight is 349 g/mol. The van der Waals surface area contributed by atoms with Gasteiger partial charge in [-0.2, -0.15) is 0 Å². The maximum Gasteiger partial charge on any atom is 0.167 e. The number of methoxy groups -OCH3 is 2. The Morgan fingerprint density at radius 3 is 2.58 bits per heavy atom. The Balaban J connectivity index is 2.08. The van der Waals surface area contributed by atoms with Crippen molar-refractivity contribution in [1.82, 2.24) is 0 Å². The zero-order chi connectivity index (χ0) is 17.4. The number of hydrogen-bond acceptors (Lipinski definition) is 4. The summed E-state index contributed by atoms with van der Waals surface area (Å²) in [5, 5.41) is 0.553. The van der Waals surface area contributed by atoms with Crippen LogP contribution in [0.2, 0.25) is 5.02 Å². The van der Waals surface area contributed by atoms with E-state index in [0.29, 0.717) is 35.3 Å². The van der Waals surface area contributed by atoms with Crippen molar-refractivity contribution in [2.24, 2.45) is 0 Å². The Bertz CT molecular complexity index is 685. The first kappa shape index (κ1) is 18.3. The van der Waals surface area contributed by atoms with Crippen LogP contribution in [0.15, 0.2) is 42.5 Å². The summed E-state index contributed by atoms with van der Waals surface area (Å²) in [7, 11) is 3.25. The van der Waals surface area contributed by atoms with E-state index in [-0.39, 0.29) is 12.2 Å². The number of rotatable bonds is 9. The molecule has 0 saturated carbocycles. The van der Waals surface area contributed by atoms with Crippen LogP contribution in [0.5, 0.6) is 11.5 Å². The monoisotopic (exact) mass is 348 g/mol. The highest BCUT2D eigenvalue weighted by Crippen LogP contribution is 2.29. The molecule has 2 aromatic carbocycles. The fraction of sp³-hybridized carbons (Fsp3) is 0.316. The van der Waals surface area contributed by atoms with E-state index in [4.69, 9.17) is 25.8 Å². The van der Waals surface area contributed by atoms with Crippen LogP contribution in [0.25, 0.3) is 0 Å². The highest BCUT2D eigenvalue weighted by Gasteiger charge is 2.11. The Morgan fingerprint density at radius 1 is 1.04 bits per heavy atom. The molecule has 0 bridgehead atoms. The summed E-state index contributed by atoms with van der Waals surface area (Å²) in [5.41, 5.74) is 1.46. The van der Waals surface area contributed by atoms with Gasteiger partial charge in [-0.25, -0.2) is 0 Å². The van der Waals surface area contributed by atoms with Gasteiger partial charge in [0.05, 0.1) is 13.7 Å². The second kappa shape index (κ2) is 9.30. The fourth-order valence-corrected chi connectivity index (χ4v) is 2.47. The van der Waals surface area contributed by atoms with Gasteiger partial charge in [0.25, 0.3) is 0 Å². The maximum absolute atomic E-state index is 12.4. The highest BCUT2D eigenvalue weighted by molar-refractivity contribution is 6.31. The molecule has 0 spiro atoms. The molecule has 0 saturated heterocycles. The molecule has 0 radical (unpaired) electrons. The molecule has 2 aromatic rings. The predicted octanol–water partition coefficient (Wildman–Crippen LogP) is 4.19. The van der Waals surface area contributed by atoms with Gasteiger partial charge in [-0.15, -0.1) is 0 Å². The lowest BCUT2D eigenvalue weighted by molar-refractivity contribution is 0.0993. The quantitative estimate of drug-likeness (QED) is 0.503. The van der Waals surface area contributed by atoms with Crippen molar-refractivity contribution < 1.29 is 19.0 Å². The molecule has 4 nitrogen and oxygen atoms in total. The number of ketones is 1. The van der Waals surface area contributed by atoms with Crippen molar-refractivity contribution in [2.45, 2.75) is 12.8 Å². The van der Waals surface area contributed by atoms with E-state index in [0.717, 1.165) is 12.0 Å². The second-order valence-electron chi connectivity index (χ2n) is 5.29.